The van der Waals surface area contributed by atoms with Crippen molar-refractivity contribution in [3.63, 3.8) is 0 Å². The molecule has 2 heteroatoms. The van der Waals surface area contributed by atoms with Crippen LogP contribution < -0.4 is 0 Å². The largest absolute Gasteiger partial charge is 0.456 e. The van der Waals surface area contributed by atoms with Gasteiger partial charge in [-0.05, 0) is 259 Å². The maximum absolute atomic E-state index is 6.51. The lowest BCUT2D eigenvalue weighted by molar-refractivity contribution is 0.669. The first-order valence-corrected chi connectivity index (χ1v) is 35.1. The molecule has 0 unspecified atom stereocenters. The maximum Gasteiger partial charge on any atom is 0.136 e. The topological polar surface area (TPSA) is 26.3 Å². The van der Waals surface area contributed by atoms with Crippen LogP contribution in [-0.2, 0) is 0 Å². The molecule has 0 radical (unpaired) electrons. The molecule has 0 saturated heterocycles. The number of furan rings is 2. The number of rotatable bonds is 6. The molecule has 20 aromatic carbocycles. The van der Waals surface area contributed by atoms with Crippen LogP contribution in [0.25, 0.3) is 218 Å². The summed E-state index contributed by atoms with van der Waals surface area (Å²) in [7, 11) is 0. The molecule has 22 rings (SSSR count). The molecule has 2 nitrogen and oxygen atoms in total. The van der Waals surface area contributed by atoms with Gasteiger partial charge in [0.05, 0.1) is 0 Å². The fourth-order valence-corrected chi connectivity index (χ4v) is 16.6. The lowest BCUT2D eigenvalue weighted by atomic mass is 9.84. The van der Waals surface area contributed by atoms with Crippen LogP contribution in [0, 0.1) is 0 Å². The molecule has 0 fully saturated rings. The zero-order valence-corrected chi connectivity index (χ0v) is 55.5. The van der Waals surface area contributed by atoms with Gasteiger partial charge in [0, 0.05) is 21.5 Å². The van der Waals surface area contributed by atoms with Gasteiger partial charge in [0.2, 0.25) is 0 Å². The summed E-state index contributed by atoms with van der Waals surface area (Å²) >= 11 is 0. The average molecular weight is 1290 g/mol. The number of hydrogen-bond donors (Lipinski definition) is 0. The van der Waals surface area contributed by atoms with Gasteiger partial charge in [-0.15, -0.1) is 0 Å². The highest BCUT2D eigenvalue weighted by atomic mass is 16.3. The van der Waals surface area contributed by atoms with Gasteiger partial charge in [0.1, 0.15) is 22.3 Å². The van der Waals surface area contributed by atoms with Crippen LogP contribution in [0.15, 0.2) is 373 Å². The molecule has 0 spiro atoms. The summed E-state index contributed by atoms with van der Waals surface area (Å²) in [6, 6.07) is 133. The monoisotopic (exact) mass is 1290 g/mol. The Morgan fingerprint density at radius 2 is 0.333 bits per heavy atom. The summed E-state index contributed by atoms with van der Waals surface area (Å²) in [6.07, 6.45) is 0. The van der Waals surface area contributed by atoms with E-state index in [4.69, 9.17) is 8.83 Å². The molecule has 0 aliphatic rings. The maximum atomic E-state index is 6.51. The van der Waals surface area contributed by atoms with Crippen LogP contribution in [0.5, 0.6) is 0 Å². The van der Waals surface area contributed by atoms with E-state index in [9.17, 15) is 0 Å². The summed E-state index contributed by atoms with van der Waals surface area (Å²) in [5.41, 5.74) is 18.2. The minimum Gasteiger partial charge on any atom is -0.456 e. The zero-order valence-electron chi connectivity index (χ0n) is 55.5. The normalized spacial score (nSPS) is 11.9. The lowest BCUT2D eigenvalue weighted by Gasteiger charge is -2.19. The molecule has 0 saturated carbocycles. The summed E-state index contributed by atoms with van der Waals surface area (Å²) < 4.78 is 13.0. The molecule has 22 aromatic rings. The second-order valence-electron chi connectivity index (χ2n) is 27.4. The molecule has 0 aliphatic carbocycles. The van der Waals surface area contributed by atoms with Crippen LogP contribution in [0.2, 0.25) is 0 Å². The van der Waals surface area contributed by atoms with Gasteiger partial charge >= 0.3 is 0 Å². The van der Waals surface area contributed by atoms with Gasteiger partial charge in [-0.3, -0.25) is 0 Å². The van der Waals surface area contributed by atoms with Crippen LogP contribution in [0.3, 0.4) is 0 Å². The van der Waals surface area contributed by atoms with Crippen molar-refractivity contribution < 1.29 is 8.83 Å². The number of hydrogen-bond acceptors (Lipinski definition) is 2. The molecule has 0 amide bonds. The molecule has 0 aliphatic heterocycles. The standard InChI is InChI=1S/2C50H30O/c2*1-3-11-33-25-39(19-17-31(33)9-1)49-42-15-7-8-16-43(42)50(40-20-18-32-10-2-4-12-34(32)26-40)46-28-37(22-24-44(46)49)38-21-23-41-45-27-35-13-5-6-14-36(35)29-48(45)51-47(41)30-38/h2*1-30H. The number of fused-ring (bicyclic) bond motifs is 16. The van der Waals surface area contributed by atoms with Crippen molar-refractivity contribution in [2.45, 2.75) is 0 Å². The lowest BCUT2D eigenvalue weighted by Crippen LogP contribution is -1.92. The van der Waals surface area contributed by atoms with Gasteiger partial charge in [-0.2, -0.15) is 0 Å². The van der Waals surface area contributed by atoms with E-state index in [0.717, 1.165) is 66.1 Å². The van der Waals surface area contributed by atoms with Crippen molar-refractivity contribution in [2.24, 2.45) is 0 Å². The van der Waals surface area contributed by atoms with Gasteiger partial charge in [0.25, 0.3) is 0 Å². The van der Waals surface area contributed by atoms with Crippen LogP contribution in [0.4, 0.5) is 0 Å². The van der Waals surface area contributed by atoms with E-state index in [1.165, 1.54) is 152 Å². The Hall–Kier alpha value is -13.4. The Labute approximate surface area is 587 Å². The number of benzene rings is 20. The minimum atomic E-state index is 0.906. The Bertz CT molecular complexity index is 6830. The first-order valence-electron chi connectivity index (χ1n) is 35.1. The minimum absolute atomic E-state index is 0.906. The predicted octanol–water partition coefficient (Wildman–Crippen LogP) is 28.7. The van der Waals surface area contributed by atoms with Crippen molar-refractivity contribution in [1.82, 2.24) is 0 Å². The van der Waals surface area contributed by atoms with Crippen LogP contribution in [-0.4, -0.2) is 0 Å². The third-order valence-electron chi connectivity index (χ3n) is 21.5. The third kappa shape index (κ3) is 9.49. The highest BCUT2D eigenvalue weighted by Gasteiger charge is 2.22. The van der Waals surface area contributed by atoms with Gasteiger partial charge in [-0.1, -0.05) is 279 Å². The molecular weight excluding hydrogens is 1230 g/mol. The summed E-state index contributed by atoms with van der Waals surface area (Å²) in [6.45, 7) is 0. The Kier molecular flexibility index (Phi) is 13.1. The van der Waals surface area contributed by atoms with E-state index in [0.29, 0.717) is 0 Å². The second kappa shape index (κ2) is 23.1. The smallest absolute Gasteiger partial charge is 0.136 e. The van der Waals surface area contributed by atoms with Crippen molar-refractivity contribution in [1.29, 1.82) is 0 Å². The fraction of sp³-hybridized carbons (Fsp3) is 0. The van der Waals surface area contributed by atoms with Crippen LogP contribution >= 0.6 is 0 Å². The van der Waals surface area contributed by atoms with Gasteiger partial charge in [-0.25, -0.2) is 0 Å². The second-order valence-corrected chi connectivity index (χ2v) is 27.4. The highest BCUT2D eigenvalue weighted by Crippen LogP contribution is 2.49. The average Bonchev–Trinajstić information content (AvgIpc) is 1.02. The summed E-state index contributed by atoms with van der Waals surface area (Å²) in [5.74, 6) is 0. The SMILES string of the molecule is c1ccc2cc(-c3c4ccccc4c(-c4ccc5ccccc5c4)c4cc(-c5ccc6c(c5)oc5cc7ccccc7cc56)ccc34)ccc2c1.c1ccc2cc(-c3c4ccccc4c(-c4ccc5ccccc5c4)c4cc(-c5ccc6c(c5)oc5cc7ccccc7cc56)ccc34)ccc2c1. The van der Waals surface area contributed by atoms with E-state index >= 15 is 0 Å². The van der Waals surface area contributed by atoms with Crippen molar-refractivity contribution in [2.75, 3.05) is 0 Å². The van der Waals surface area contributed by atoms with Crippen molar-refractivity contribution in [3.05, 3.63) is 364 Å². The summed E-state index contributed by atoms with van der Waals surface area (Å²) in [4.78, 5) is 0. The van der Waals surface area contributed by atoms with E-state index in [-0.39, 0.29) is 0 Å². The fourth-order valence-electron chi connectivity index (χ4n) is 16.6. The van der Waals surface area contributed by atoms with Gasteiger partial charge < -0.3 is 8.83 Å². The van der Waals surface area contributed by atoms with Crippen molar-refractivity contribution >= 4 is 152 Å². The van der Waals surface area contributed by atoms with Crippen LogP contribution in [0.1, 0.15) is 0 Å². The van der Waals surface area contributed by atoms with E-state index in [2.05, 4.69) is 364 Å². The molecule has 2 heterocycles. The zero-order chi connectivity index (χ0) is 66.9. The molecule has 472 valence electrons. The summed E-state index contributed by atoms with van der Waals surface area (Å²) in [5, 5.41) is 29.3. The Morgan fingerprint density at radius 1 is 0.118 bits per heavy atom. The highest BCUT2D eigenvalue weighted by molar-refractivity contribution is 6.25. The van der Waals surface area contributed by atoms with E-state index in [1.54, 1.807) is 0 Å². The Morgan fingerprint density at radius 3 is 0.647 bits per heavy atom. The van der Waals surface area contributed by atoms with Gasteiger partial charge in [0.15, 0.2) is 0 Å². The van der Waals surface area contributed by atoms with Crippen molar-refractivity contribution in [3.8, 4) is 66.8 Å². The molecule has 2 aromatic heterocycles. The molecule has 0 atom stereocenters. The first-order chi connectivity index (χ1) is 50.5. The molecule has 0 N–H and O–H groups in total. The third-order valence-corrected chi connectivity index (χ3v) is 21.5. The molecule has 102 heavy (non-hydrogen) atoms. The quantitative estimate of drug-likeness (QED) is 0.155. The Balaban J connectivity index is 0.000000133. The van der Waals surface area contributed by atoms with E-state index in [1.807, 2.05) is 0 Å². The molecular formula is C100H60O2. The van der Waals surface area contributed by atoms with E-state index < -0.39 is 0 Å². The predicted molar refractivity (Wildman–Crippen MR) is 435 cm³/mol. The first kappa shape index (κ1) is 57.6. The molecule has 0 bridgehead atoms.